The predicted octanol–water partition coefficient (Wildman–Crippen LogP) is 0.824. The summed E-state index contributed by atoms with van der Waals surface area (Å²) >= 11 is 5.75. The highest BCUT2D eigenvalue weighted by Crippen LogP contribution is 2.11. The first kappa shape index (κ1) is 15.2. The fourth-order valence-corrected chi connectivity index (χ4v) is 2.63. The minimum absolute atomic E-state index is 0.470. The Balaban J connectivity index is 1.82. The second-order valence-corrected chi connectivity index (χ2v) is 6.21. The molecule has 1 aromatic carbocycles. The van der Waals surface area contributed by atoms with Crippen LogP contribution in [0.4, 0.5) is 4.79 Å². The van der Waals surface area contributed by atoms with Gasteiger partial charge in [-0.3, -0.25) is 10.1 Å². The van der Waals surface area contributed by atoms with E-state index >= 15 is 0 Å². The van der Waals surface area contributed by atoms with E-state index in [1.54, 1.807) is 24.3 Å². The SMILES string of the molecule is CN1CCN(NC(=O)NS(=O)c2ccc(Cl)cc2)CC1. The van der Waals surface area contributed by atoms with Gasteiger partial charge in [-0.2, -0.15) is 0 Å². The first-order valence-electron chi connectivity index (χ1n) is 6.23. The average molecular weight is 317 g/mol. The topological polar surface area (TPSA) is 64.7 Å². The summed E-state index contributed by atoms with van der Waals surface area (Å²) in [4.78, 5) is 14.4. The highest BCUT2D eigenvalue weighted by atomic mass is 35.5. The van der Waals surface area contributed by atoms with Gasteiger partial charge in [-0.25, -0.2) is 14.0 Å². The normalized spacial score (nSPS) is 18.5. The lowest BCUT2D eigenvalue weighted by Crippen LogP contribution is -2.54. The average Bonchev–Trinajstić information content (AvgIpc) is 2.42. The lowest BCUT2D eigenvalue weighted by atomic mass is 10.4. The van der Waals surface area contributed by atoms with Crippen molar-refractivity contribution in [3.63, 3.8) is 0 Å². The molecule has 0 radical (unpaired) electrons. The van der Waals surface area contributed by atoms with E-state index in [4.69, 9.17) is 11.6 Å². The van der Waals surface area contributed by atoms with Gasteiger partial charge in [0, 0.05) is 31.2 Å². The summed E-state index contributed by atoms with van der Waals surface area (Å²) in [5.41, 5.74) is 2.69. The minimum Gasteiger partial charge on any atom is -0.304 e. The number of rotatable bonds is 3. The zero-order valence-corrected chi connectivity index (χ0v) is 12.7. The van der Waals surface area contributed by atoms with E-state index in [0.717, 1.165) is 26.2 Å². The number of likely N-dealkylation sites (N-methyl/N-ethyl adjacent to an activating group) is 1. The van der Waals surface area contributed by atoms with Crippen molar-refractivity contribution in [3.05, 3.63) is 29.3 Å². The van der Waals surface area contributed by atoms with Crippen LogP contribution in [0.5, 0.6) is 0 Å². The molecule has 1 aromatic rings. The van der Waals surface area contributed by atoms with Crippen LogP contribution in [0, 0.1) is 0 Å². The first-order chi connectivity index (χ1) is 9.54. The number of piperazine rings is 1. The third-order valence-electron chi connectivity index (χ3n) is 2.98. The maximum Gasteiger partial charge on any atom is 0.341 e. The maximum absolute atomic E-state index is 11.9. The van der Waals surface area contributed by atoms with Crippen LogP contribution in [0.3, 0.4) is 0 Å². The Morgan fingerprint density at radius 3 is 2.40 bits per heavy atom. The number of carbonyl (C=O) groups excluding carboxylic acids is 1. The van der Waals surface area contributed by atoms with Crippen LogP contribution in [-0.2, 0) is 11.0 Å². The van der Waals surface area contributed by atoms with Crippen LogP contribution in [0.1, 0.15) is 0 Å². The van der Waals surface area contributed by atoms with Crippen LogP contribution in [0.2, 0.25) is 5.02 Å². The molecule has 1 fully saturated rings. The summed E-state index contributed by atoms with van der Waals surface area (Å²) < 4.78 is 14.3. The van der Waals surface area contributed by atoms with Gasteiger partial charge in [0.2, 0.25) is 0 Å². The Labute approximate surface area is 125 Å². The fourth-order valence-electron chi connectivity index (χ4n) is 1.79. The molecule has 0 aromatic heterocycles. The molecule has 1 aliphatic rings. The number of hydrogen-bond acceptors (Lipinski definition) is 4. The molecule has 0 bridgehead atoms. The van der Waals surface area contributed by atoms with Gasteiger partial charge in [-0.1, -0.05) is 11.6 Å². The van der Waals surface area contributed by atoms with Gasteiger partial charge in [0.25, 0.3) is 0 Å². The Morgan fingerprint density at radius 2 is 1.80 bits per heavy atom. The Morgan fingerprint density at radius 1 is 1.20 bits per heavy atom. The molecule has 8 heteroatoms. The number of nitrogens with zero attached hydrogens (tertiary/aromatic N) is 2. The summed E-state index contributed by atoms with van der Waals surface area (Å²) in [5, 5.41) is 2.38. The van der Waals surface area contributed by atoms with Crippen LogP contribution < -0.4 is 10.1 Å². The smallest absolute Gasteiger partial charge is 0.304 e. The molecule has 2 rings (SSSR count). The highest BCUT2D eigenvalue weighted by Gasteiger charge is 2.16. The lowest BCUT2D eigenvalue weighted by molar-refractivity contribution is 0.114. The fraction of sp³-hybridized carbons (Fsp3) is 0.417. The third-order valence-corrected chi connectivity index (χ3v) is 4.30. The first-order valence-corrected chi connectivity index (χ1v) is 7.75. The van der Waals surface area contributed by atoms with Crippen LogP contribution in [0.25, 0.3) is 0 Å². The minimum atomic E-state index is -1.59. The highest BCUT2D eigenvalue weighted by molar-refractivity contribution is 7.83. The summed E-state index contributed by atoms with van der Waals surface area (Å²) in [5.74, 6) is 0. The van der Waals surface area contributed by atoms with Crippen molar-refractivity contribution in [2.75, 3.05) is 33.2 Å². The molecule has 2 N–H and O–H groups in total. The second kappa shape index (κ2) is 7.03. The number of carbonyl (C=O) groups is 1. The van der Waals surface area contributed by atoms with Crippen molar-refractivity contribution in [2.24, 2.45) is 0 Å². The van der Waals surface area contributed by atoms with E-state index in [2.05, 4.69) is 15.0 Å². The number of urea groups is 1. The Kier molecular flexibility index (Phi) is 5.36. The molecule has 20 heavy (non-hydrogen) atoms. The second-order valence-electron chi connectivity index (χ2n) is 4.56. The maximum atomic E-state index is 11.9. The van der Waals surface area contributed by atoms with Gasteiger partial charge in [-0.15, -0.1) is 0 Å². The molecule has 0 spiro atoms. The molecule has 6 nitrogen and oxygen atoms in total. The number of benzene rings is 1. The van der Waals surface area contributed by atoms with Gasteiger partial charge in [0.1, 0.15) is 0 Å². The number of hydrazine groups is 1. The molecule has 110 valence electrons. The summed E-state index contributed by atoms with van der Waals surface area (Å²) in [6.07, 6.45) is 0. The molecule has 1 heterocycles. The molecule has 1 saturated heterocycles. The number of nitrogens with one attached hydrogen (secondary N) is 2. The van der Waals surface area contributed by atoms with Crippen molar-refractivity contribution >= 4 is 28.6 Å². The molecular weight excluding hydrogens is 300 g/mol. The number of hydrogen-bond donors (Lipinski definition) is 2. The summed E-state index contributed by atoms with van der Waals surface area (Å²) in [7, 11) is 0.444. The number of halogens is 1. The van der Waals surface area contributed by atoms with Crippen LogP contribution in [-0.4, -0.2) is 53.4 Å². The van der Waals surface area contributed by atoms with E-state index in [9.17, 15) is 9.00 Å². The zero-order valence-electron chi connectivity index (χ0n) is 11.1. The Bertz CT molecular complexity index is 489. The van der Waals surface area contributed by atoms with Gasteiger partial charge >= 0.3 is 6.03 Å². The van der Waals surface area contributed by atoms with Gasteiger partial charge < -0.3 is 4.90 Å². The van der Waals surface area contributed by atoms with Crippen LogP contribution in [0.15, 0.2) is 29.2 Å². The zero-order chi connectivity index (χ0) is 14.5. The molecule has 1 atom stereocenters. The summed E-state index contributed by atoms with van der Waals surface area (Å²) in [6.45, 7) is 3.27. The van der Waals surface area contributed by atoms with Crippen molar-refractivity contribution in [3.8, 4) is 0 Å². The van der Waals surface area contributed by atoms with E-state index < -0.39 is 17.0 Å². The standard InChI is InChI=1S/C12H17ClN4O2S/c1-16-6-8-17(9-7-16)14-12(18)15-20(19)11-4-2-10(13)3-5-11/h2-5H,6-9H2,1H3,(H2,14,15,18). The van der Waals surface area contributed by atoms with Gasteiger partial charge in [0.05, 0.1) is 4.90 Å². The monoisotopic (exact) mass is 316 g/mol. The summed E-state index contributed by atoms with van der Waals surface area (Å²) in [6, 6.07) is 6.04. The van der Waals surface area contributed by atoms with E-state index in [-0.39, 0.29) is 0 Å². The van der Waals surface area contributed by atoms with Crippen molar-refractivity contribution in [2.45, 2.75) is 4.90 Å². The largest absolute Gasteiger partial charge is 0.341 e. The molecule has 0 aliphatic carbocycles. The van der Waals surface area contributed by atoms with Crippen molar-refractivity contribution < 1.29 is 9.00 Å². The number of amides is 2. The van der Waals surface area contributed by atoms with Gasteiger partial charge in [-0.05, 0) is 31.3 Å². The quantitative estimate of drug-likeness (QED) is 0.867. The molecule has 2 amide bonds. The van der Waals surface area contributed by atoms with Gasteiger partial charge in [0.15, 0.2) is 11.0 Å². The van der Waals surface area contributed by atoms with Crippen LogP contribution >= 0.6 is 11.6 Å². The Hall–Kier alpha value is -1.15. The van der Waals surface area contributed by atoms with E-state index in [1.165, 1.54) is 0 Å². The molecule has 0 saturated carbocycles. The molecule has 1 aliphatic heterocycles. The lowest BCUT2D eigenvalue weighted by Gasteiger charge is -2.32. The van der Waals surface area contributed by atoms with Crippen molar-refractivity contribution in [1.29, 1.82) is 0 Å². The molecule has 1 unspecified atom stereocenters. The van der Waals surface area contributed by atoms with E-state index in [1.807, 2.05) is 12.1 Å². The van der Waals surface area contributed by atoms with Crippen molar-refractivity contribution in [1.82, 2.24) is 20.1 Å². The van der Waals surface area contributed by atoms with E-state index in [0.29, 0.717) is 9.92 Å². The predicted molar refractivity (Wildman–Crippen MR) is 78.6 cm³/mol. The third kappa shape index (κ3) is 4.45. The molecular formula is C12H17ClN4O2S.